The van der Waals surface area contributed by atoms with Crippen LogP contribution in [-0.2, 0) is 6.18 Å². The Morgan fingerprint density at radius 2 is 1.94 bits per heavy atom. The summed E-state index contributed by atoms with van der Waals surface area (Å²) in [6, 6.07) is 2.64. The van der Waals surface area contributed by atoms with Crippen molar-refractivity contribution in [1.29, 1.82) is 0 Å². The predicted molar refractivity (Wildman–Crippen MR) is 51.8 cm³/mol. The maximum Gasteiger partial charge on any atom is 0.419 e. The molecule has 90 valence electrons. The van der Waals surface area contributed by atoms with Crippen LogP contribution in [0.15, 0.2) is 18.2 Å². The van der Waals surface area contributed by atoms with E-state index in [0.717, 1.165) is 6.07 Å². The van der Waals surface area contributed by atoms with Crippen LogP contribution in [0.2, 0.25) is 0 Å². The Balaban J connectivity index is 2.99. The van der Waals surface area contributed by atoms with Crippen LogP contribution in [0.5, 0.6) is 5.75 Å². The molecule has 0 radical (unpaired) electrons. The number of alkyl halides is 3. The fourth-order valence-electron chi connectivity index (χ4n) is 1.11. The Morgan fingerprint density at radius 1 is 1.31 bits per heavy atom. The van der Waals surface area contributed by atoms with Crippen LogP contribution in [0, 0.1) is 5.82 Å². The summed E-state index contributed by atoms with van der Waals surface area (Å²) in [5.74, 6) is -1.26. The zero-order valence-electron chi connectivity index (χ0n) is 8.94. The van der Waals surface area contributed by atoms with E-state index < -0.39 is 17.6 Å². The lowest BCUT2D eigenvalue weighted by molar-refractivity contribution is -0.140. The Labute approximate surface area is 91.0 Å². The molecule has 1 rings (SSSR count). The molecule has 1 nitrogen and oxygen atoms in total. The van der Waals surface area contributed by atoms with Crippen LogP contribution in [0.3, 0.4) is 0 Å². The highest BCUT2D eigenvalue weighted by Gasteiger charge is 2.34. The molecular weight excluding hydrogens is 224 g/mol. The van der Waals surface area contributed by atoms with Gasteiger partial charge in [-0.1, -0.05) is 6.92 Å². The van der Waals surface area contributed by atoms with Crippen LogP contribution >= 0.6 is 0 Å². The van der Waals surface area contributed by atoms with E-state index in [1.165, 1.54) is 6.07 Å². The van der Waals surface area contributed by atoms with Gasteiger partial charge in [0.05, 0.1) is 11.7 Å². The third-order valence-electron chi connectivity index (χ3n) is 2.16. The first-order valence-corrected chi connectivity index (χ1v) is 4.88. The molecule has 0 saturated carbocycles. The lowest BCUT2D eigenvalue weighted by Gasteiger charge is -2.14. The zero-order valence-corrected chi connectivity index (χ0v) is 8.94. The van der Waals surface area contributed by atoms with Gasteiger partial charge >= 0.3 is 6.18 Å². The molecule has 0 aliphatic rings. The van der Waals surface area contributed by atoms with Gasteiger partial charge in [-0.3, -0.25) is 0 Å². The summed E-state index contributed by atoms with van der Waals surface area (Å²) in [7, 11) is 0. The molecule has 0 spiro atoms. The molecule has 0 aromatic heterocycles. The van der Waals surface area contributed by atoms with Crippen LogP contribution in [0.4, 0.5) is 17.6 Å². The largest absolute Gasteiger partial charge is 0.491 e. The third-order valence-corrected chi connectivity index (χ3v) is 2.16. The molecule has 0 fully saturated rings. The van der Waals surface area contributed by atoms with E-state index in [9.17, 15) is 17.6 Å². The third kappa shape index (κ3) is 3.12. The Hall–Kier alpha value is -1.26. The van der Waals surface area contributed by atoms with Crippen molar-refractivity contribution in [2.24, 2.45) is 0 Å². The molecule has 1 atom stereocenters. The minimum absolute atomic E-state index is 0.0306. The number of ether oxygens (including phenoxy) is 1. The second kappa shape index (κ2) is 4.72. The quantitative estimate of drug-likeness (QED) is 0.720. The van der Waals surface area contributed by atoms with Crippen molar-refractivity contribution in [1.82, 2.24) is 0 Å². The maximum atomic E-state index is 12.9. The molecule has 5 heteroatoms. The number of benzene rings is 1. The number of hydrogen-bond acceptors (Lipinski definition) is 1. The molecule has 0 amide bonds. The Bertz CT molecular complexity index is 359. The lowest BCUT2D eigenvalue weighted by Crippen LogP contribution is -2.12. The van der Waals surface area contributed by atoms with Gasteiger partial charge in [0.15, 0.2) is 0 Å². The van der Waals surface area contributed by atoms with Crippen LogP contribution in [0.1, 0.15) is 25.8 Å². The summed E-state index contributed by atoms with van der Waals surface area (Å²) in [6.45, 7) is 3.58. The highest BCUT2D eigenvalue weighted by atomic mass is 19.4. The van der Waals surface area contributed by atoms with E-state index >= 15 is 0 Å². The molecule has 0 aliphatic heterocycles. The van der Waals surface area contributed by atoms with Crippen molar-refractivity contribution >= 4 is 0 Å². The van der Waals surface area contributed by atoms with Crippen molar-refractivity contribution in [2.45, 2.75) is 32.5 Å². The number of hydrogen-bond donors (Lipinski definition) is 0. The van der Waals surface area contributed by atoms with Crippen LogP contribution in [0.25, 0.3) is 0 Å². The van der Waals surface area contributed by atoms with Crippen molar-refractivity contribution in [3.8, 4) is 5.75 Å². The second-order valence-corrected chi connectivity index (χ2v) is 3.48. The van der Waals surface area contributed by atoms with Gasteiger partial charge in [-0.2, -0.15) is 13.2 Å². The molecule has 0 saturated heterocycles. The highest BCUT2D eigenvalue weighted by Crippen LogP contribution is 2.33. The van der Waals surface area contributed by atoms with Crippen molar-refractivity contribution in [3.05, 3.63) is 29.6 Å². The molecule has 1 unspecified atom stereocenters. The van der Waals surface area contributed by atoms with Gasteiger partial charge in [0.25, 0.3) is 0 Å². The summed E-state index contributed by atoms with van der Waals surface area (Å²) in [6.07, 6.45) is -4.23. The van der Waals surface area contributed by atoms with Crippen LogP contribution < -0.4 is 4.74 Å². The topological polar surface area (TPSA) is 9.23 Å². The fourth-order valence-corrected chi connectivity index (χ4v) is 1.11. The molecular formula is C11H12F4O. The van der Waals surface area contributed by atoms with Crippen molar-refractivity contribution < 1.29 is 22.3 Å². The van der Waals surface area contributed by atoms with E-state index in [-0.39, 0.29) is 11.9 Å². The Kier molecular flexibility index (Phi) is 3.78. The van der Waals surface area contributed by atoms with Crippen molar-refractivity contribution in [2.75, 3.05) is 0 Å². The maximum absolute atomic E-state index is 12.9. The first-order chi connectivity index (χ1) is 7.34. The van der Waals surface area contributed by atoms with Gasteiger partial charge in [0.2, 0.25) is 0 Å². The smallest absolute Gasteiger partial charge is 0.419 e. The van der Waals surface area contributed by atoms with Gasteiger partial charge in [-0.25, -0.2) is 4.39 Å². The summed E-state index contributed by atoms with van der Waals surface area (Å²) < 4.78 is 55.2. The summed E-state index contributed by atoms with van der Waals surface area (Å²) in [4.78, 5) is 0. The number of halogens is 4. The van der Waals surface area contributed by atoms with Gasteiger partial charge in [-0.15, -0.1) is 0 Å². The second-order valence-electron chi connectivity index (χ2n) is 3.48. The summed E-state index contributed by atoms with van der Waals surface area (Å²) >= 11 is 0. The molecule has 0 bridgehead atoms. The first kappa shape index (κ1) is 12.8. The molecule has 0 heterocycles. The SMILES string of the molecule is CCC(C)Oc1ccc(F)c(C(F)(F)F)c1. The summed E-state index contributed by atoms with van der Waals surface area (Å²) in [5.41, 5.74) is -1.30. The van der Waals surface area contributed by atoms with Gasteiger partial charge < -0.3 is 4.74 Å². The highest BCUT2D eigenvalue weighted by molar-refractivity contribution is 5.31. The molecule has 16 heavy (non-hydrogen) atoms. The van der Waals surface area contributed by atoms with E-state index in [4.69, 9.17) is 4.74 Å². The molecule has 1 aromatic rings. The lowest BCUT2D eigenvalue weighted by atomic mass is 10.2. The average Bonchev–Trinajstić information content (AvgIpc) is 2.19. The van der Waals surface area contributed by atoms with Crippen molar-refractivity contribution in [3.63, 3.8) is 0 Å². The van der Waals surface area contributed by atoms with Crippen LogP contribution in [-0.4, -0.2) is 6.10 Å². The van der Waals surface area contributed by atoms with E-state index in [1.54, 1.807) is 6.92 Å². The minimum atomic E-state index is -4.70. The molecule has 0 N–H and O–H groups in total. The standard InChI is InChI=1S/C11H12F4O/c1-3-7(2)16-8-4-5-10(12)9(6-8)11(13,14)15/h4-7H,3H2,1-2H3. The Morgan fingerprint density at radius 3 is 2.44 bits per heavy atom. The summed E-state index contributed by atoms with van der Waals surface area (Å²) in [5, 5.41) is 0. The predicted octanol–water partition coefficient (Wildman–Crippen LogP) is 4.02. The zero-order chi connectivity index (χ0) is 12.3. The van der Waals surface area contributed by atoms with E-state index in [2.05, 4.69) is 0 Å². The average molecular weight is 236 g/mol. The van der Waals surface area contributed by atoms with E-state index in [1.807, 2.05) is 6.92 Å². The van der Waals surface area contributed by atoms with Gasteiger partial charge in [0.1, 0.15) is 11.6 Å². The fraction of sp³-hybridized carbons (Fsp3) is 0.455. The normalized spacial score (nSPS) is 13.6. The molecule has 1 aromatic carbocycles. The van der Waals surface area contributed by atoms with Gasteiger partial charge in [-0.05, 0) is 31.5 Å². The van der Waals surface area contributed by atoms with E-state index in [0.29, 0.717) is 12.5 Å². The minimum Gasteiger partial charge on any atom is -0.491 e. The van der Waals surface area contributed by atoms with Gasteiger partial charge in [0, 0.05) is 0 Å². The first-order valence-electron chi connectivity index (χ1n) is 4.88. The monoisotopic (exact) mass is 236 g/mol. The molecule has 0 aliphatic carbocycles. The number of rotatable bonds is 3.